The molecule has 0 radical (unpaired) electrons. The summed E-state index contributed by atoms with van der Waals surface area (Å²) in [5, 5.41) is 0. The van der Waals surface area contributed by atoms with Crippen LogP contribution in [0.25, 0.3) is 0 Å². The Balaban J connectivity index is 1.40. The Morgan fingerprint density at radius 1 is 0.970 bits per heavy atom. The van der Waals surface area contributed by atoms with Crippen molar-refractivity contribution in [2.24, 2.45) is 4.99 Å². The number of hydrogen-bond donors (Lipinski definition) is 0. The molecular formula is C28H39NO4. The normalized spacial score (nSPS) is 16.3. The van der Waals surface area contributed by atoms with Gasteiger partial charge >= 0.3 is 0 Å². The van der Waals surface area contributed by atoms with Crippen molar-refractivity contribution in [3.8, 4) is 5.75 Å². The Hall–Kier alpha value is -2.37. The minimum atomic E-state index is 0.0629. The van der Waals surface area contributed by atoms with Crippen LogP contribution in [0.2, 0.25) is 0 Å². The first-order valence-electron chi connectivity index (χ1n) is 12.4. The molecule has 1 unspecified atom stereocenters. The lowest BCUT2D eigenvalue weighted by atomic mass is 10.1. The molecule has 0 amide bonds. The van der Waals surface area contributed by atoms with Crippen molar-refractivity contribution >= 4 is 5.90 Å². The predicted octanol–water partition coefficient (Wildman–Crippen LogP) is 6.19. The zero-order valence-corrected chi connectivity index (χ0v) is 20.2. The van der Waals surface area contributed by atoms with Crippen LogP contribution in [0.1, 0.15) is 63.0 Å². The van der Waals surface area contributed by atoms with Crippen LogP contribution in [0, 0.1) is 0 Å². The van der Waals surface area contributed by atoms with Gasteiger partial charge in [0.1, 0.15) is 18.4 Å². The van der Waals surface area contributed by atoms with Gasteiger partial charge in [-0.3, -0.25) is 0 Å². The molecule has 0 fully saturated rings. The smallest absolute Gasteiger partial charge is 0.216 e. The summed E-state index contributed by atoms with van der Waals surface area (Å²) in [5.41, 5.74) is 2.19. The second kappa shape index (κ2) is 14.7. The third kappa shape index (κ3) is 9.18. The number of benzene rings is 2. The topological polar surface area (TPSA) is 49.3 Å². The molecular weight excluding hydrogens is 414 g/mol. The molecule has 3 rings (SSSR count). The highest BCUT2D eigenvalue weighted by Gasteiger charge is 2.20. The van der Waals surface area contributed by atoms with Crippen molar-refractivity contribution in [3.05, 3.63) is 65.7 Å². The number of nitrogens with zero attached hydrogens (tertiary/aromatic N) is 1. The van der Waals surface area contributed by atoms with Crippen molar-refractivity contribution in [1.29, 1.82) is 0 Å². The molecule has 0 N–H and O–H groups in total. The van der Waals surface area contributed by atoms with E-state index in [-0.39, 0.29) is 12.1 Å². The standard InChI is InChI=1S/C28H39NO4/c1-3-4-5-6-10-13-27(32-20-23-14-16-26(30-2)17-15-23)18-19-31-21-25-22-33-28(29-25)24-11-8-7-9-12-24/h7-9,11-12,14-17,25,27H,3-6,10,13,18-22H2,1-2H3/t25?,27-/m1/s1. The zero-order chi connectivity index (χ0) is 23.1. The molecule has 2 aromatic rings. The van der Waals surface area contributed by atoms with E-state index in [1.165, 1.54) is 37.7 Å². The SMILES string of the molecule is CCCCCCC[C@H](CCOCC1COC(c2ccccc2)=N1)OCc1ccc(OC)cc1. The Labute approximate surface area is 199 Å². The molecule has 0 aliphatic carbocycles. The van der Waals surface area contributed by atoms with Gasteiger partial charge in [0.15, 0.2) is 0 Å². The molecule has 180 valence electrons. The summed E-state index contributed by atoms with van der Waals surface area (Å²) in [6.45, 7) is 4.71. The van der Waals surface area contributed by atoms with Gasteiger partial charge in [0.25, 0.3) is 0 Å². The fourth-order valence-electron chi connectivity index (χ4n) is 3.90. The lowest BCUT2D eigenvalue weighted by Gasteiger charge is -2.19. The zero-order valence-electron chi connectivity index (χ0n) is 20.2. The van der Waals surface area contributed by atoms with Gasteiger partial charge in [-0.25, -0.2) is 4.99 Å². The van der Waals surface area contributed by atoms with Crippen LogP contribution in [-0.4, -0.2) is 45.0 Å². The van der Waals surface area contributed by atoms with Crippen LogP contribution < -0.4 is 4.74 Å². The molecule has 0 spiro atoms. The quantitative estimate of drug-likeness (QED) is 0.284. The predicted molar refractivity (Wildman–Crippen MR) is 133 cm³/mol. The molecule has 33 heavy (non-hydrogen) atoms. The molecule has 0 saturated carbocycles. The van der Waals surface area contributed by atoms with E-state index in [2.05, 4.69) is 24.0 Å². The first kappa shape index (κ1) is 25.3. The number of methoxy groups -OCH3 is 1. The Kier molecular flexibility index (Phi) is 11.3. The minimum Gasteiger partial charge on any atom is -0.497 e. The highest BCUT2D eigenvalue weighted by Crippen LogP contribution is 2.17. The van der Waals surface area contributed by atoms with Crippen molar-refractivity contribution in [1.82, 2.24) is 0 Å². The van der Waals surface area contributed by atoms with Gasteiger partial charge in [0.05, 0.1) is 26.4 Å². The maximum atomic E-state index is 6.28. The van der Waals surface area contributed by atoms with Gasteiger partial charge in [-0.15, -0.1) is 0 Å². The van der Waals surface area contributed by atoms with Gasteiger partial charge in [-0.1, -0.05) is 69.4 Å². The highest BCUT2D eigenvalue weighted by atomic mass is 16.5. The Morgan fingerprint density at radius 3 is 2.52 bits per heavy atom. The number of rotatable bonds is 16. The number of hydrogen-bond acceptors (Lipinski definition) is 5. The lowest BCUT2D eigenvalue weighted by Crippen LogP contribution is -2.19. The average Bonchev–Trinajstić information content (AvgIpc) is 3.34. The van der Waals surface area contributed by atoms with Gasteiger partial charge in [-0.2, -0.15) is 0 Å². The number of ether oxygens (including phenoxy) is 4. The summed E-state index contributed by atoms with van der Waals surface area (Å²) < 4.78 is 23.3. The third-order valence-electron chi connectivity index (χ3n) is 5.90. The summed E-state index contributed by atoms with van der Waals surface area (Å²) in [6, 6.07) is 18.2. The van der Waals surface area contributed by atoms with Gasteiger partial charge in [-0.05, 0) is 42.7 Å². The Bertz CT molecular complexity index is 806. The van der Waals surface area contributed by atoms with Gasteiger partial charge < -0.3 is 18.9 Å². The second-order valence-electron chi connectivity index (χ2n) is 8.61. The van der Waals surface area contributed by atoms with E-state index in [0.29, 0.717) is 26.4 Å². The molecule has 0 saturated heterocycles. The third-order valence-corrected chi connectivity index (χ3v) is 5.90. The highest BCUT2D eigenvalue weighted by molar-refractivity contribution is 5.95. The average molecular weight is 454 g/mol. The van der Waals surface area contributed by atoms with Crippen LogP contribution >= 0.6 is 0 Å². The summed E-state index contributed by atoms with van der Waals surface area (Å²) >= 11 is 0. The first-order valence-corrected chi connectivity index (χ1v) is 12.4. The number of aliphatic imine (C=N–C) groups is 1. The first-order chi connectivity index (χ1) is 16.3. The molecule has 0 aromatic heterocycles. The van der Waals surface area contributed by atoms with Crippen molar-refractivity contribution in [3.63, 3.8) is 0 Å². The van der Waals surface area contributed by atoms with E-state index in [1.807, 2.05) is 42.5 Å². The number of unbranched alkanes of at least 4 members (excludes halogenated alkanes) is 4. The minimum absolute atomic E-state index is 0.0629. The van der Waals surface area contributed by atoms with Crippen molar-refractivity contribution < 1.29 is 18.9 Å². The van der Waals surface area contributed by atoms with Crippen LogP contribution in [-0.2, 0) is 20.8 Å². The summed E-state index contributed by atoms with van der Waals surface area (Å²) in [5.74, 6) is 1.59. The Morgan fingerprint density at radius 2 is 1.76 bits per heavy atom. The molecule has 0 bridgehead atoms. The van der Waals surface area contributed by atoms with Crippen molar-refractivity contribution in [2.75, 3.05) is 26.9 Å². The monoisotopic (exact) mass is 453 g/mol. The van der Waals surface area contributed by atoms with Crippen LogP contribution in [0.4, 0.5) is 0 Å². The maximum absolute atomic E-state index is 6.28. The van der Waals surface area contributed by atoms with Crippen molar-refractivity contribution in [2.45, 2.75) is 70.6 Å². The van der Waals surface area contributed by atoms with E-state index >= 15 is 0 Å². The molecule has 2 aromatic carbocycles. The molecule has 5 heteroatoms. The van der Waals surface area contributed by atoms with E-state index in [1.54, 1.807) is 7.11 Å². The van der Waals surface area contributed by atoms with E-state index in [9.17, 15) is 0 Å². The second-order valence-corrected chi connectivity index (χ2v) is 8.61. The summed E-state index contributed by atoms with van der Waals surface area (Å²) in [6.07, 6.45) is 8.54. The largest absolute Gasteiger partial charge is 0.497 e. The molecule has 1 heterocycles. The molecule has 1 aliphatic heterocycles. The molecule has 1 aliphatic rings. The van der Waals surface area contributed by atoms with E-state index in [0.717, 1.165) is 30.1 Å². The molecule has 2 atom stereocenters. The fraction of sp³-hybridized carbons (Fsp3) is 0.536. The van der Waals surface area contributed by atoms with E-state index < -0.39 is 0 Å². The van der Waals surface area contributed by atoms with Crippen LogP contribution in [0.5, 0.6) is 5.75 Å². The summed E-state index contributed by atoms with van der Waals surface area (Å²) in [4.78, 5) is 4.67. The van der Waals surface area contributed by atoms with Gasteiger partial charge in [0.2, 0.25) is 5.90 Å². The fourth-order valence-corrected chi connectivity index (χ4v) is 3.90. The van der Waals surface area contributed by atoms with Crippen LogP contribution in [0.3, 0.4) is 0 Å². The van der Waals surface area contributed by atoms with Crippen LogP contribution in [0.15, 0.2) is 59.6 Å². The lowest BCUT2D eigenvalue weighted by molar-refractivity contribution is 0.00364. The van der Waals surface area contributed by atoms with E-state index in [4.69, 9.17) is 18.9 Å². The molecule has 5 nitrogen and oxygen atoms in total. The maximum Gasteiger partial charge on any atom is 0.216 e. The van der Waals surface area contributed by atoms with Gasteiger partial charge in [0, 0.05) is 12.2 Å². The summed E-state index contributed by atoms with van der Waals surface area (Å²) in [7, 11) is 1.69.